The average Bonchev–Trinajstić information content (AvgIpc) is 2.93. The van der Waals surface area contributed by atoms with Gasteiger partial charge in [0.2, 0.25) is 11.8 Å². The molecule has 2 fully saturated rings. The minimum absolute atomic E-state index is 0.0992. The van der Waals surface area contributed by atoms with E-state index in [2.05, 4.69) is 11.1 Å². The first kappa shape index (κ1) is 16.0. The third-order valence-corrected chi connectivity index (χ3v) is 4.81. The maximum atomic E-state index is 12.5. The summed E-state index contributed by atoms with van der Waals surface area (Å²) >= 11 is 0. The zero-order valence-electron chi connectivity index (χ0n) is 13.8. The van der Waals surface area contributed by atoms with Gasteiger partial charge in [0.05, 0.1) is 6.54 Å². The SMILES string of the molecule is Cc1cccc(C[C@@H]2CCCN(C(=O)CN3CCCC3=O)C2)n1. The molecule has 5 heteroatoms. The van der Waals surface area contributed by atoms with Crippen LogP contribution in [0.4, 0.5) is 0 Å². The number of hydrogen-bond donors (Lipinski definition) is 0. The van der Waals surface area contributed by atoms with Crippen molar-refractivity contribution in [1.82, 2.24) is 14.8 Å². The molecule has 5 nitrogen and oxygen atoms in total. The molecule has 0 unspecified atom stereocenters. The van der Waals surface area contributed by atoms with Crippen LogP contribution in [0.25, 0.3) is 0 Å². The number of aromatic nitrogens is 1. The van der Waals surface area contributed by atoms with Gasteiger partial charge in [-0.25, -0.2) is 0 Å². The molecule has 0 radical (unpaired) electrons. The van der Waals surface area contributed by atoms with Crippen LogP contribution in [0.15, 0.2) is 18.2 Å². The van der Waals surface area contributed by atoms with Gasteiger partial charge in [-0.2, -0.15) is 0 Å². The van der Waals surface area contributed by atoms with Crippen LogP contribution in [0, 0.1) is 12.8 Å². The lowest BCUT2D eigenvalue weighted by Crippen LogP contribution is -2.45. The van der Waals surface area contributed by atoms with Crippen LogP contribution >= 0.6 is 0 Å². The van der Waals surface area contributed by atoms with Crippen LogP contribution in [0.2, 0.25) is 0 Å². The Balaban J connectivity index is 1.55. The van der Waals surface area contributed by atoms with Crippen LogP contribution < -0.4 is 0 Å². The molecule has 2 saturated heterocycles. The van der Waals surface area contributed by atoms with Crippen molar-refractivity contribution >= 4 is 11.8 Å². The number of carbonyl (C=O) groups is 2. The van der Waals surface area contributed by atoms with Crippen molar-refractivity contribution in [3.05, 3.63) is 29.6 Å². The van der Waals surface area contributed by atoms with Gasteiger partial charge in [-0.05, 0) is 50.7 Å². The molecule has 0 aromatic carbocycles. The number of nitrogens with zero attached hydrogens (tertiary/aromatic N) is 3. The zero-order valence-corrected chi connectivity index (χ0v) is 13.8. The van der Waals surface area contributed by atoms with Gasteiger partial charge >= 0.3 is 0 Å². The lowest BCUT2D eigenvalue weighted by Gasteiger charge is -2.33. The topological polar surface area (TPSA) is 53.5 Å². The minimum Gasteiger partial charge on any atom is -0.341 e. The van der Waals surface area contributed by atoms with Gasteiger partial charge in [-0.3, -0.25) is 14.6 Å². The van der Waals surface area contributed by atoms with Crippen molar-refractivity contribution in [3.8, 4) is 0 Å². The summed E-state index contributed by atoms with van der Waals surface area (Å²) in [6, 6.07) is 6.12. The summed E-state index contributed by atoms with van der Waals surface area (Å²) in [5.41, 5.74) is 2.15. The van der Waals surface area contributed by atoms with Gasteiger partial charge < -0.3 is 9.80 Å². The van der Waals surface area contributed by atoms with E-state index < -0.39 is 0 Å². The van der Waals surface area contributed by atoms with Crippen molar-refractivity contribution in [2.45, 2.75) is 39.0 Å². The molecule has 0 N–H and O–H groups in total. The third kappa shape index (κ3) is 4.09. The van der Waals surface area contributed by atoms with Crippen molar-refractivity contribution in [2.24, 2.45) is 5.92 Å². The van der Waals surface area contributed by atoms with E-state index in [-0.39, 0.29) is 18.4 Å². The molecular formula is C18H25N3O2. The summed E-state index contributed by atoms with van der Waals surface area (Å²) in [6.07, 6.45) is 4.58. The Kier molecular flexibility index (Phi) is 4.94. The summed E-state index contributed by atoms with van der Waals surface area (Å²) < 4.78 is 0. The van der Waals surface area contributed by atoms with Gasteiger partial charge in [-0.15, -0.1) is 0 Å². The quantitative estimate of drug-likeness (QED) is 0.851. The highest BCUT2D eigenvalue weighted by Crippen LogP contribution is 2.21. The molecule has 2 aliphatic heterocycles. The van der Waals surface area contributed by atoms with Gasteiger partial charge in [0.15, 0.2) is 0 Å². The van der Waals surface area contributed by atoms with Crippen LogP contribution in [0.5, 0.6) is 0 Å². The van der Waals surface area contributed by atoms with E-state index in [9.17, 15) is 9.59 Å². The van der Waals surface area contributed by atoms with Crippen LogP contribution in [0.1, 0.15) is 37.1 Å². The number of hydrogen-bond acceptors (Lipinski definition) is 3. The molecule has 1 aromatic rings. The number of piperidine rings is 1. The fourth-order valence-electron chi connectivity index (χ4n) is 3.60. The molecule has 124 valence electrons. The number of pyridine rings is 1. The molecule has 1 aromatic heterocycles. The van der Waals surface area contributed by atoms with E-state index >= 15 is 0 Å². The Labute approximate surface area is 137 Å². The van der Waals surface area contributed by atoms with Crippen molar-refractivity contribution in [3.63, 3.8) is 0 Å². The maximum absolute atomic E-state index is 12.5. The predicted octanol–water partition coefficient (Wildman–Crippen LogP) is 1.79. The first-order chi connectivity index (χ1) is 11.1. The Morgan fingerprint density at radius 2 is 2.17 bits per heavy atom. The average molecular weight is 315 g/mol. The van der Waals surface area contributed by atoms with E-state index in [0.717, 1.165) is 56.7 Å². The minimum atomic E-state index is 0.0992. The molecule has 0 saturated carbocycles. The summed E-state index contributed by atoms with van der Waals surface area (Å²) in [5.74, 6) is 0.689. The van der Waals surface area contributed by atoms with Crippen LogP contribution in [-0.4, -0.2) is 52.8 Å². The highest BCUT2D eigenvalue weighted by molar-refractivity contribution is 5.85. The highest BCUT2D eigenvalue weighted by atomic mass is 16.2. The Hall–Kier alpha value is -1.91. The number of carbonyl (C=O) groups excluding carboxylic acids is 2. The van der Waals surface area contributed by atoms with Crippen LogP contribution in [0.3, 0.4) is 0 Å². The number of likely N-dealkylation sites (tertiary alicyclic amines) is 2. The lowest BCUT2D eigenvalue weighted by molar-refractivity contribution is -0.139. The standard InChI is InChI=1S/C18H25N3O2/c1-14-5-2-7-16(19-14)11-15-6-3-9-20(12-15)18(23)13-21-10-4-8-17(21)22/h2,5,7,15H,3-4,6,8-13H2,1H3/t15-/m0/s1. The Morgan fingerprint density at radius 1 is 1.30 bits per heavy atom. The molecule has 23 heavy (non-hydrogen) atoms. The van der Waals surface area contributed by atoms with Crippen molar-refractivity contribution < 1.29 is 9.59 Å². The van der Waals surface area contributed by atoms with Crippen molar-refractivity contribution in [1.29, 1.82) is 0 Å². The summed E-state index contributed by atoms with van der Waals surface area (Å²) in [4.78, 5) is 32.4. The molecule has 3 heterocycles. The number of rotatable bonds is 4. The van der Waals surface area contributed by atoms with E-state index in [1.165, 1.54) is 0 Å². The van der Waals surface area contributed by atoms with Crippen LogP contribution in [-0.2, 0) is 16.0 Å². The summed E-state index contributed by atoms with van der Waals surface area (Å²) in [5, 5.41) is 0. The maximum Gasteiger partial charge on any atom is 0.242 e. The number of aryl methyl sites for hydroxylation is 1. The molecular weight excluding hydrogens is 290 g/mol. The largest absolute Gasteiger partial charge is 0.341 e. The molecule has 0 bridgehead atoms. The summed E-state index contributed by atoms with van der Waals surface area (Å²) in [7, 11) is 0. The molecule has 3 rings (SSSR count). The third-order valence-electron chi connectivity index (χ3n) is 4.81. The smallest absolute Gasteiger partial charge is 0.242 e. The number of amides is 2. The first-order valence-electron chi connectivity index (χ1n) is 8.60. The normalized spacial score (nSPS) is 21.8. The van der Waals surface area contributed by atoms with E-state index in [4.69, 9.17) is 0 Å². The molecule has 2 aliphatic rings. The van der Waals surface area contributed by atoms with E-state index in [0.29, 0.717) is 12.3 Å². The van der Waals surface area contributed by atoms with E-state index in [1.807, 2.05) is 24.0 Å². The highest BCUT2D eigenvalue weighted by Gasteiger charge is 2.28. The Bertz CT molecular complexity index is 587. The predicted molar refractivity (Wildman–Crippen MR) is 87.8 cm³/mol. The second kappa shape index (κ2) is 7.11. The molecule has 0 spiro atoms. The Morgan fingerprint density at radius 3 is 2.91 bits per heavy atom. The van der Waals surface area contributed by atoms with Gasteiger partial charge in [-0.1, -0.05) is 6.07 Å². The molecule has 0 aliphatic carbocycles. The van der Waals surface area contributed by atoms with Gasteiger partial charge in [0, 0.05) is 37.4 Å². The van der Waals surface area contributed by atoms with E-state index in [1.54, 1.807) is 4.90 Å². The van der Waals surface area contributed by atoms with Crippen molar-refractivity contribution in [2.75, 3.05) is 26.2 Å². The second-order valence-corrected chi connectivity index (χ2v) is 6.74. The monoisotopic (exact) mass is 315 g/mol. The first-order valence-corrected chi connectivity index (χ1v) is 8.60. The van der Waals surface area contributed by atoms with Gasteiger partial charge in [0.1, 0.15) is 0 Å². The zero-order chi connectivity index (χ0) is 16.2. The fraction of sp³-hybridized carbons (Fsp3) is 0.611. The van der Waals surface area contributed by atoms with Gasteiger partial charge in [0.25, 0.3) is 0 Å². The molecule has 2 amide bonds. The summed E-state index contributed by atoms with van der Waals surface area (Å²) in [6.45, 7) is 4.60. The fourth-order valence-corrected chi connectivity index (χ4v) is 3.60. The second-order valence-electron chi connectivity index (χ2n) is 6.74. The molecule has 1 atom stereocenters. The lowest BCUT2D eigenvalue weighted by atomic mass is 9.93.